The lowest BCUT2D eigenvalue weighted by Gasteiger charge is -2.51. The molecule has 158 valence electrons. The van der Waals surface area contributed by atoms with E-state index < -0.39 is 25.5 Å². The van der Waals surface area contributed by atoms with Crippen molar-refractivity contribution in [1.29, 1.82) is 0 Å². The molecule has 0 saturated carbocycles. The number of hydrogen-bond acceptors (Lipinski definition) is 2. The summed E-state index contributed by atoms with van der Waals surface area (Å²) in [6.45, 7) is 7.73. The summed E-state index contributed by atoms with van der Waals surface area (Å²) in [7, 11) is -9.51. The van der Waals surface area contributed by atoms with Gasteiger partial charge in [-0.3, -0.25) is 9.13 Å². The SMILES string of the molecule is CCCCC(CCCC)(C(CCCC)(CCCC)P(=O)(O)O)P(=O)(O)O. The standard InChI is InChI=1S/C18H40O6P2/c1-5-9-13-17(14-10-6-2,25(19,20)21)18(15-11-7-3,16-12-8-4)26(22,23)24/h5-16H2,1-4H3,(H2,19,20,21)(H2,22,23,24). The molecule has 0 saturated heterocycles. The van der Waals surface area contributed by atoms with E-state index in [-0.39, 0.29) is 25.7 Å². The monoisotopic (exact) mass is 414 g/mol. The van der Waals surface area contributed by atoms with Gasteiger partial charge in [0.25, 0.3) is 0 Å². The predicted molar refractivity (Wildman–Crippen MR) is 108 cm³/mol. The van der Waals surface area contributed by atoms with Crippen LogP contribution in [0.4, 0.5) is 0 Å². The van der Waals surface area contributed by atoms with Gasteiger partial charge in [0.2, 0.25) is 0 Å². The summed E-state index contributed by atoms with van der Waals surface area (Å²) in [5, 5.41) is -3.31. The fraction of sp³-hybridized carbons (Fsp3) is 1.00. The lowest BCUT2D eigenvalue weighted by Crippen LogP contribution is -2.53. The molecule has 6 nitrogen and oxygen atoms in total. The van der Waals surface area contributed by atoms with Crippen LogP contribution in [0.15, 0.2) is 0 Å². The Balaban J connectivity index is 6.67. The molecular weight excluding hydrogens is 374 g/mol. The van der Waals surface area contributed by atoms with E-state index in [1.54, 1.807) is 0 Å². The maximum atomic E-state index is 12.8. The number of hydrogen-bond donors (Lipinski definition) is 4. The van der Waals surface area contributed by atoms with Crippen molar-refractivity contribution in [3.8, 4) is 0 Å². The van der Waals surface area contributed by atoms with E-state index in [0.717, 1.165) is 25.7 Å². The van der Waals surface area contributed by atoms with Crippen LogP contribution in [0, 0.1) is 0 Å². The van der Waals surface area contributed by atoms with Crippen molar-refractivity contribution in [2.75, 3.05) is 0 Å². The second kappa shape index (κ2) is 11.3. The molecule has 0 aliphatic carbocycles. The summed E-state index contributed by atoms with van der Waals surface area (Å²) in [5.41, 5.74) is 0. The Morgan fingerprint density at radius 2 is 0.731 bits per heavy atom. The predicted octanol–water partition coefficient (Wildman–Crippen LogP) is 5.58. The topological polar surface area (TPSA) is 115 Å². The Labute approximate surface area is 159 Å². The van der Waals surface area contributed by atoms with Gasteiger partial charge < -0.3 is 19.6 Å². The molecule has 0 aromatic rings. The van der Waals surface area contributed by atoms with Crippen LogP contribution < -0.4 is 0 Å². The number of unbranched alkanes of at least 4 members (excludes halogenated alkanes) is 4. The van der Waals surface area contributed by atoms with Crippen molar-refractivity contribution in [3.05, 3.63) is 0 Å². The molecule has 0 unspecified atom stereocenters. The Hall–Kier alpha value is 0.300. The summed E-state index contributed by atoms with van der Waals surface area (Å²) in [4.78, 5) is 41.8. The fourth-order valence-electron chi connectivity index (χ4n) is 4.18. The Morgan fingerprint density at radius 3 is 0.846 bits per heavy atom. The van der Waals surface area contributed by atoms with Gasteiger partial charge in [0.1, 0.15) is 0 Å². The third kappa shape index (κ3) is 5.90. The van der Waals surface area contributed by atoms with E-state index in [9.17, 15) is 28.7 Å². The molecule has 0 aromatic carbocycles. The van der Waals surface area contributed by atoms with E-state index in [1.165, 1.54) is 0 Å². The maximum Gasteiger partial charge on any atom is 0.332 e. The summed E-state index contributed by atoms with van der Waals surface area (Å²) in [6.07, 6.45) is 5.75. The fourth-order valence-corrected chi connectivity index (χ4v) is 8.29. The largest absolute Gasteiger partial charge is 0.332 e. The highest BCUT2D eigenvalue weighted by molar-refractivity contribution is 7.58. The first-order chi connectivity index (χ1) is 12.0. The van der Waals surface area contributed by atoms with Gasteiger partial charge in [-0.25, -0.2) is 0 Å². The van der Waals surface area contributed by atoms with Crippen molar-refractivity contribution in [1.82, 2.24) is 0 Å². The van der Waals surface area contributed by atoms with Gasteiger partial charge in [0, 0.05) is 0 Å². The molecular formula is C18H40O6P2. The summed E-state index contributed by atoms with van der Waals surface area (Å²) in [6, 6.07) is 0. The molecule has 0 rings (SSSR count). The second-order valence-electron chi connectivity index (χ2n) is 7.57. The molecule has 0 fully saturated rings. The minimum Gasteiger partial charge on any atom is -0.324 e. The normalized spacial score (nSPS) is 14.0. The van der Waals surface area contributed by atoms with Crippen LogP contribution in [0.1, 0.15) is 105 Å². The Bertz CT molecular complexity index is 422. The summed E-state index contributed by atoms with van der Waals surface area (Å²) < 4.78 is 25.7. The van der Waals surface area contributed by atoms with Crippen molar-refractivity contribution in [3.63, 3.8) is 0 Å². The minimum atomic E-state index is -4.76. The molecule has 0 aliphatic heterocycles. The maximum absolute atomic E-state index is 12.8. The van der Waals surface area contributed by atoms with Crippen molar-refractivity contribution in [2.24, 2.45) is 0 Å². The van der Waals surface area contributed by atoms with Gasteiger partial charge in [-0.15, -0.1) is 0 Å². The molecule has 8 heteroatoms. The van der Waals surface area contributed by atoms with Crippen LogP contribution in [0.2, 0.25) is 0 Å². The quantitative estimate of drug-likeness (QED) is 0.260. The smallest absolute Gasteiger partial charge is 0.324 e. The van der Waals surface area contributed by atoms with Crippen LogP contribution in [0.25, 0.3) is 0 Å². The first-order valence-corrected chi connectivity index (χ1v) is 13.3. The highest BCUT2D eigenvalue weighted by Gasteiger charge is 2.66. The molecule has 0 aromatic heterocycles. The van der Waals surface area contributed by atoms with Gasteiger partial charge in [-0.05, 0) is 25.7 Å². The highest BCUT2D eigenvalue weighted by atomic mass is 31.2. The van der Waals surface area contributed by atoms with Gasteiger partial charge in [0.05, 0.1) is 10.3 Å². The van der Waals surface area contributed by atoms with E-state index in [0.29, 0.717) is 25.7 Å². The zero-order valence-electron chi connectivity index (χ0n) is 17.0. The third-order valence-electron chi connectivity index (χ3n) is 5.76. The zero-order chi connectivity index (χ0) is 20.5. The second-order valence-corrected chi connectivity index (χ2v) is 11.5. The van der Waals surface area contributed by atoms with E-state index in [2.05, 4.69) is 0 Å². The van der Waals surface area contributed by atoms with E-state index >= 15 is 0 Å². The van der Waals surface area contributed by atoms with E-state index in [1.807, 2.05) is 27.7 Å². The Morgan fingerprint density at radius 1 is 0.538 bits per heavy atom. The molecule has 0 bridgehead atoms. The van der Waals surface area contributed by atoms with Crippen LogP contribution in [0.3, 0.4) is 0 Å². The lowest BCUT2D eigenvalue weighted by molar-refractivity contribution is 0.194. The van der Waals surface area contributed by atoms with Gasteiger partial charge in [-0.1, -0.05) is 79.1 Å². The average molecular weight is 414 g/mol. The third-order valence-corrected chi connectivity index (χ3v) is 9.91. The average Bonchev–Trinajstić information content (AvgIpc) is 2.54. The molecule has 0 spiro atoms. The molecule has 0 aliphatic rings. The van der Waals surface area contributed by atoms with Crippen LogP contribution in [-0.4, -0.2) is 29.9 Å². The van der Waals surface area contributed by atoms with Crippen molar-refractivity contribution in [2.45, 2.75) is 115 Å². The molecule has 0 heterocycles. The number of rotatable bonds is 15. The van der Waals surface area contributed by atoms with Gasteiger partial charge in [-0.2, -0.15) is 0 Å². The highest BCUT2D eigenvalue weighted by Crippen LogP contribution is 2.73. The van der Waals surface area contributed by atoms with Crippen molar-refractivity contribution < 1.29 is 28.7 Å². The first kappa shape index (κ1) is 26.3. The molecule has 0 amide bonds. The zero-order valence-corrected chi connectivity index (χ0v) is 18.8. The van der Waals surface area contributed by atoms with Gasteiger partial charge in [0.15, 0.2) is 0 Å². The minimum absolute atomic E-state index is 0.159. The molecule has 26 heavy (non-hydrogen) atoms. The van der Waals surface area contributed by atoms with Crippen LogP contribution in [0.5, 0.6) is 0 Å². The van der Waals surface area contributed by atoms with Crippen LogP contribution >= 0.6 is 15.2 Å². The van der Waals surface area contributed by atoms with E-state index in [4.69, 9.17) is 0 Å². The van der Waals surface area contributed by atoms with Crippen molar-refractivity contribution >= 4 is 15.2 Å². The van der Waals surface area contributed by atoms with Gasteiger partial charge >= 0.3 is 15.2 Å². The molecule has 0 radical (unpaired) electrons. The molecule has 0 atom stereocenters. The molecule has 4 N–H and O–H groups in total. The first-order valence-electron chi connectivity index (χ1n) is 10.1. The summed E-state index contributed by atoms with van der Waals surface area (Å²) >= 11 is 0. The van der Waals surface area contributed by atoms with Crippen LogP contribution in [-0.2, 0) is 9.13 Å². The summed E-state index contributed by atoms with van der Waals surface area (Å²) in [5.74, 6) is 0. The Kier molecular flexibility index (Phi) is 11.5. The lowest BCUT2D eigenvalue weighted by atomic mass is 9.76.